The lowest BCUT2D eigenvalue weighted by molar-refractivity contribution is 0.0956. The summed E-state index contributed by atoms with van der Waals surface area (Å²) in [6.45, 7) is 2.37. The first-order valence-corrected chi connectivity index (χ1v) is 8.24. The van der Waals surface area contributed by atoms with Gasteiger partial charge in [0.05, 0.1) is 24.9 Å². The number of carbonyl (C=O) groups excluding carboxylic acids is 1. The van der Waals surface area contributed by atoms with Crippen molar-refractivity contribution in [3.63, 3.8) is 0 Å². The summed E-state index contributed by atoms with van der Waals surface area (Å²) in [5, 5.41) is 4.96. The lowest BCUT2D eigenvalue weighted by Crippen LogP contribution is -2.42. The second-order valence-corrected chi connectivity index (χ2v) is 6.36. The van der Waals surface area contributed by atoms with E-state index in [1.54, 1.807) is 47.0 Å². The van der Waals surface area contributed by atoms with Gasteiger partial charge in [0.25, 0.3) is 5.91 Å². The van der Waals surface area contributed by atoms with E-state index in [0.29, 0.717) is 34.4 Å². The fourth-order valence-electron chi connectivity index (χ4n) is 2.95. The van der Waals surface area contributed by atoms with Crippen molar-refractivity contribution < 1.29 is 14.3 Å². The molecule has 7 heteroatoms. The molecule has 128 valence electrons. The van der Waals surface area contributed by atoms with E-state index < -0.39 is 0 Å². The standard InChI is InChI=1S/C18H16ClN3O3/c1-11-10-21(16-9-14(24-2)3-4-17(16)25-11)18(23)15-8-13-7-12(19)5-6-22(13)20-15/h3-9,11H,10H2,1-2H3. The average molecular weight is 358 g/mol. The molecule has 1 amide bonds. The normalized spacial score (nSPS) is 16.4. The van der Waals surface area contributed by atoms with Crippen LogP contribution in [0.2, 0.25) is 5.02 Å². The largest absolute Gasteiger partial charge is 0.497 e. The van der Waals surface area contributed by atoms with Gasteiger partial charge in [0.1, 0.15) is 17.6 Å². The Hall–Kier alpha value is -2.73. The van der Waals surface area contributed by atoms with Crippen LogP contribution >= 0.6 is 11.6 Å². The molecule has 6 nitrogen and oxygen atoms in total. The smallest absolute Gasteiger partial charge is 0.279 e. The number of ether oxygens (including phenoxy) is 2. The molecule has 1 aliphatic rings. The van der Waals surface area contributed by atoms with E-state index in [-0.39, 0.29) is 12.0 Å². The van der Waals surface area contributed by atoms with Crippen molar-refractivity contribution in [2.45, 2.75) is 13.0 Å². The maximum Gasteiger partial charge on any atom is 0.279 e. The fraction of sp³-hybridized carbons (Fsp3) is 0.222. The number of hydrogen-bond acceptors (Lipinski definition) is 4. The molecule has 0 saturated heterocycles. The number of carbonyl (C=O) groups is 1. The van der Waals surface area contributed by atoms with Crippen molar-refractivity contribution in [1.82, 2.24) is 9.61 Å². The van der Waals surface area contributed by atoms with Crippen molar-refractivity contribution in [3.8, 4) is 11.5 Å². The maximum atomic E-state index is 13.1. The van der Waals surface area contributed by atoms with Gasteiger partial charge in [-0.3, -0.25) is 9.69 Å². The van der Waals surface area contributed by atoms with E-state index in [9.17, 15) is 4.79 Å². The van der Waals surface area contributed by atoms with Crippen molar-refractivity contribution in [2.75, 3.05) is 18.6 Å². The molecule has 1 atom stereocenters. The van der Waals surface area contributed by atoms with Gasteiger partial charge in [0, 0.05) is 17.3 Å². The summed E-state index contributed by atoms with van der Waals surface area (Å²) < 4.78 is 12.7. The molecule has 2 aromatic heterocycles. The minimum atomic E-state index is -0.190. The Morgan fingerprint density at radius 3 is 2.96 bits per heavy atom. The first kappa shape index (κ1) is 15.8. The summed E-state index contributed by atoms with van der Waals surface area (Å²) in [7, 11) is 1.59. The average Bonchev–Trinajstić information content (AvgIpc) is 3.03. The van der Waals surface area contributed by atoms with Gasteiger partial charge >= 0.3 is 0 Å². The van der Waals surface area contributed by atoms with Crippen LogP contribution in [0.1, 0.15) is 17.4 Å². The number of methoxy groups -OCH3 is 1. The number of pyridine rings is 1. The van der Waals surface area contributed by atoms with Gasteiger partial charge < -0.3 is 9.47 Å². The first-order chi connectivity index (χ1) is 12.0. The van der Waals surface area contributed by atoms with Gasteiger partial charge in [-0.05, 0) is 37.3 Å². The van der Waals surface area contributed by atoms with E-state index in [4.69, 9.17) is 21.1 Å². The zero-order valence-corrected chi connectivity index (χ0v) is 14.5. The van der Waals surface area contributed by atoms with Gasteiger partial charge in [0.2, 0.25) is 0 Å². The van der Waals surface area contributed by atoms with Gasteiger partial charge in [-0.1, -0.05) is 11.6 Å². The third-order valence-electron chi connectivity index (χ3n) is 4.11. The second kappa shape index (κ2) is 5.97. The molecule has 0 N–H and O–H groups in total. The number of nitrogens with zero attached hydrogens (tertiary/aromatic N) is 3. The van der Waals surface area contributed by atoms with Crippen LogP contribution in [-0.2, 0) is 0 Å². The summed E-state index contributed by atoms with van der Waals surface area (Å²) in [6.07, 6.45) is 1.62. The molecular weight excluding hydrogens is 342 g/mol. The van der Waals surface area contributed by atoms with Crippen molar-refractivity contribution in [1.29, 1.82) is 0 Å². The Labute approximate surface area is 149 Å². The predicted molar refractivity (Wildman–Crippen MR) is 95.0 cm³/mol. The molecule has 1 aromatic carbocycles. The third kappa shape index (κ3) is 2.78. The summed E-state index contributed by atoms with van der Waals surface area (Å²) in [6, 6.07) is 10.6. The van der Waals surface area contributed by atoms with Gasteiger partial charge in [-0.15, -0.1) is 0 Å². The monoisotopic (exact) mass is 357 g/mol. The molecule has 0 bridgehead atoms. The van der Waals surface area contributed by atoms with Crippen LogP contribution in [0.3, 0.4) is 0 Å². The van der Waals surface area contributed by atoms with Gasteiger partial charge in [-0.25, -0.2) is 4.52 Å². The van der Waals surface area contributed by atoms with E-state index in [1.807, 2.05) is 19.1 Å². The molecule has 3 aromatic rings. The van der Waals surface area contributed by atoms with Crippen LogP contribution in [-0.4, -0.2) is 35.3 Å². The number of aromatic nitrogens is 2. The van der Waals surface area contributed by atoms with Gasteiger partial charge in [0.15, 0.2) is 5.69 Å². The SMILES string of the molecule is COc1ccc2c(c1)N(C(=O)c1cc3cc(Cl)ccn3n1)CC(C)O2. The molecule has 0 radical (unpaired) electrons. The molecule has 1 unspecified atom stereocenters. The first-order valence-electron chi connectivity index (χ1n) is 7.86. The Morgan fingerprint density at radius 1 is 1.32 bits per heavy atom. The molecular formula is C18H16ClN3O3. The van der Waals surface area contributed by atoms with Gasteiger partial charge in [-0.2, -0.15) is 5.10 Å². The maximum absolute atomic E-state index is 13.1. The minimum Gasteiger partial charge on any atom is -0.497 e. The Balaban J connectivity index is 1.76. The molecule has 25 heavy (non-hydrogen) atoms. The van der Waals surface area contributed by atoms with E-state index in [0.717, 1.165) is 5.52 Å². The number of halogens is 1. The lowest BCUT2D eigenvalue weighted by atomic mass is 10.1. The Morgan fingerprint density at radius 2 is 2.16 bits per heavy atom. The highest BCUT2D eigenvalue weighted by Gasteiger charge is 2.30. The predicted octanol–water partition coefficient (Wildman–Crippen LogP) is 3.42. The Kier molecular flexibility index (Phi) is 3.77. The van der Waals surface area contributed by atoms with Crippen molar-refractivity contribution in [3.05, 3.63) is 53.3 Å². The fourth-order valence-corrected chi connectivity index (χ4v) is 3.11. The van der Waals surface area contributed by atoms with Crippen LogP contribution in [0.5, 0.6) is 11.5 Å². The molecule has 0 aliphatic carbocycles. The summed E-state index contributed by atoms with van der Waals surface area (Å²) >= 11 is 6.01. The number of hydrogen-bond donors (Lipinski definition) is 0. The summed E-state index contributed by atoms with van der Waals surface area (Å²) in [5.41, 5.74) is 1.80. The quantitative estimate of drug-likeness (QED) is 0.705. The Bertz CT molecular complexity index is 969. The highest BCUT2D eigenvalue weighted by atomic mass is 35.5. The van der Waals surface area contributed by atoms with Crippen LogP contribution in [0.15, 0.2) is 42.6 Å². The van der Waals surface area contributed by atoms with E-state index in [1.165, 1.54) is 0 Å². The second-order valence-electron chi connectivity index (χ2n) is 5.92. The zero-order chi connectivity index (χ0) is 17.6. The van der Waals surface area contributed by atoms with Crippen molar-refractivity contribution >= 4 is 28.7 Å². The molecule has 4 rings (SSSR count). The number of benzene rings is 1. The third-order valence-corrected chi connectivity index (χ3v) is 4.35. The van der Waals surface area contributed by atoms with E-state index in [2.05, 4.69) is 5.10 Å². The minimum absolute atomic E-state index is 0.115. The van der Waals surface area contributed by atoms with Crippen LogP contribution in [0.4, 0.5) is 5.69 Å². The molecule has 0 spiro atoms. The molecule has 0 fully saturated rings. The number of amides is 1. The molecule has 1 aliphatic heterocycles. The highest BCUT2D eigenvalue weighted by molar-refractivity contribution is 6.30. The number of fused-ring (bicyclic) bond motifs is 2. The highest BCUT2D eigenvalue weighted by Crippen LogP contribution is 2.37. The lowest BCUT2D eigenvalue weighted by Gasteiger charge is -2.33. The van der Waals surface area contributed by atoms with Crippen LogP contribution < -0.4 is 14.4 Å². The summed E-state index contributed by atoms with van der Waals surface area (Å²) in [5.74, 6) is 1.13. The molecule has 0 saturated carbocycles. The van der Waals surface area contributed by atoms with Crippen molar-refractivity contribution in [2.24, 2.45) is 0 Å². The molecule has 3 heterocycles. The van der Waals surface area contributed by atoms with Crippen LogP contribution in [0.25, 0.3) is 5.52 Å². The zero-order valence-electron chi connectivity index (χ0n) is 13.8. The van der Waals surface area contributed by atoms with Crippen LogP contribution in [0, 0.1) is 0 Å². The number of rotatable bonds is 2. The number of anilines is 1. The van der Waals surface area contributed by atoms with E-state index >= 15 is 0 Å². The summed E-state index contributed by atoms with van der Waals surface area (Å²) in [4.78, 5) is 14.8. The topological polar surface area (TPSA) is 56.1 Å².